The molecule has 1 aromatic rings. The molecule has 0 bridgehead atoms. The Morgan fingerprint density at radius 3 is 2.62 bits per heavy atom. The van der Waals surface area contributed by atoms with E-state index in [-0.39, 0.29) is 6.61 Å². The van der Waals surface area contributed by atoms with Gasteiger partial charge in [-0.3, -0.25) is 4.90 Å². The van der Waals surface area contributed by atoms with Gasteiger partial charge in [0, 0.05) is 19.1 Å². The third-order valence-electron chi connectivity index (χ3n) is 2.69. The maximum Gasteiger partial charge on any atom is 0.0978 e. The minimum absolute atomic E-state index is 0.0484. The summed E-state index contributed by atoms with van der Waals surface area (Å²) in [4.78, 5) is 2.25. The van der Waals surface area contributed by atoms with Crippen molar-refractivity contribution in [3.63, 3.8) is 0 Å². The lowest BCUT2D eigenvalue weighted by molar-refractivity contribution is 0.0105. The van der Waals surface area contributed by atoms with Crippen LogP contribution in [-0.2, 0) is 11.7 Å². The van der Waals surface area contributed by atoms with Crippen LogP contribution in [0, 0.1) is 0 Å². The molecule has 1 heterocycles. The summed E-state index contributed by atoms with van der Waals surface area (Å²) in [6.45, 7) is 2.07. The number of nitrogens with zero attached hydrogens (tertiary/aromatic N) is 1. The quantitative estimate of drug-likeness (QED) is 0.687. The van der Waals surface area contributed by atoms with Gasteiger partial charge in [-0.15, -0.1) is 0 Å². The van der Waals surface area contributed by atoms with Crippen LogP contribution in [0.3, 0.4) is 0 Å². The van der Waals surface area contributed by atoms with Crippen molar-refractivity contribution in [2.75, 3.05) is 13.2 Å². The van der Waals surface area contributed by atoms with Crippen molar-refractivity contribution in [3.05, 3.63) is 35.9 Å². The Balaban J connectivity index is 1.92. The molecule has 69 valence electrons. The van der Waals surface area contributed by atoms with Crippen molar-refractivity contribution in [2.24, 2.45) is 0 Å². The zero-order valence-electron chi connectivity index (χ0n) is 7.65. The van der Waals surface area contributed by atoms with E-state index in [0.717, 1.165) is 19.5 Å². The lowest BCUT2D eigenvalue weighted by Crippen LogP contribution is -2.48. The molecule has 1 aromatic carbocycles. The van der Waals surface area contributed by atoms with Crippen LogP contribution in [-0.4, -0.2) is 24.1 Å². The summed E-state index contributed by atoms with van der Waals surface area (Å²) in [5, 5.41) is 10.7. The molecule has 13 heavy (non-hydrogen) atoms. The maximum atomic E-state index is 10.7. The van der Waals surface area contributed by atoms with Crippen molar-refractivity contribution < 1.29 is 5.11 Å². The van der Waals surface area contributed by atoms with Gasteiger partial charge in [-0.1, -0.05) is 30.3 Å². The molecule has 0 aromatic heterocycles. The van der Waals surface area contributed by atoms with Gasteiger partial charge in [0.15, 0.2) is 0 Å². The monoisotopic (exact) mass is 176 g/mol. The summed E-state index contributed by atoms with van der Waals surface area (Å²) in [5.41, 5.74) is 1.31. The van der Waals surface area contributed by atoms with Crippen LogP contribution in [0.2, 0.25) is 0 Å². The normalized spacial score (nSPS) is 22.7. The average Bonchev–Trinajstić information content (AvgIpc) is 2.15. The molecule has 1 saturated heterocycles. The molecular formula is C11H14NO. The van der Waals surface area contributed by atoms with Gasteiger partial charge in [0.25, 0.3) is 0 Å². The molecule has 2 heteroatoms. The molecule has 0 amide bonds. The molecule has 0 unspecified atom stereocenters. The van der Waals surface area contributed by atoms with E-state index >= 15 is 0 Å². The SMILES string of the molecule is [O]C[C@@H]1CCN1Cc1ccccc1. The predicted molar refractivity (Wildman–Crippen MR) is 50.8 cm³/mol. The molecule has 1 aliphatic heterocycles. The summed E-state index contributed by atoms with van der Waals surface area (Å²) in [6, 6.07) is 10.6. The first-order chi connectivity index (χ1) is 6.40. The number of rotatable bonds is 3. The van der Waals surface area contributed by atoms with Crippen LogP contribution in [0.25, 0.3) is 0 Å². The molecule has 1 atom stereocenters. The van der Waals surface area contributed by atoms with Crippen molar-refractivity contribution >= 4 is 0 Å². The van der Waals surface area contributed by atoms with E-state index in [4.69, 9.17) is 0 Å². The lowest BCUT2D eigenvalue weighted by atomic mass is 10.0. The summed E-state index contributed by atoms with van der Waals surface area (Å²) < 4.78 is 0. The number of benzene rings is 1. The Morgan fingerprint density at radius 2 is 2.08 bits per heavy atom. The first-order valence-corrected chi connectivity index (χ1v) is 4.76. The fraction of sp³-hybridized carbons (Fsp3) is 0.455. The molecular weight excluding hydrogens is 162 g/mol. The average molecular weight is 176 g/mol. The predicted octanol–water partition coefficient (Wildman–Crippen LogP) is 1.69. The minimum Gasteiger partial charge on any atom is -0.294 e. The van der Waals surface area contributed by atoms with E-state index in [0.29, 0.717) is 6.04 Å². The Bertz CT molecular complexity index is 258. The van der Waals surface area contributed by atoms with Crippen LogP contribution >= 0.6 is 0 Å². The molecule has 1 fully saturated rings. The highest BCUT2D eigenvalue weighted by Gasteiger charge is 2.27. The van der Waals surface area contributed by atoms with Crippen molar-refractivity contribution in [1.82, 2.24) is 4.90 Å². The summed E-state index contributed by atoms with van der Waals surface area (Å²) in [7, 11) is 0. The van der Waals surface area contributed by atoms with Crippen molar-refractivity contribution in [3.8, 4) is 0 Å². The van der Waals surface area contributed by atoms with Gasteiger partial charge < -0.3 is 0 Å². The number of hydrogen-bond donors (Lipinski definition) is 0. The van der Waals surface area contributed by atoms with Crippen LogP contribution in [0.5, 0.6) is 0 Å². The fourth-order valence-corrected chi connectivity index (χ4v) is 1.71. The van der Waals surface area contributed by atoms with Gasteiger partial charge in [-0.25, -0.2) is 5.11 Å². The van der Waals surface area contributed by atoms with Gasteiger partial charge >= 0.3 is 0 Å². The third-order valence-corrected chi connectivity index (χ3v) is 2.69. The van der Waals surface area contributed by atoms with Crippen LogP contribution < -0.4 is 0 Å². The molecule has 2 nitrogen and oxygen atoms in total. The molecule has 0 N–H and O–H groups in total. The minimum atomic E-state index is 0.0484. The first-order valence-electron chi connectivity index (χ1n) is 4.76. The number of likely N-dealkylation sites (tertiary alicyclic amines) is 1. The highest BCUT2D eigenvalue weighted by Crippen LogP contribution is 2.19. The Labute approximate surface area is 78.8 Å². The van der Waals surface area contributed by atoms with Crippen LogP contribution in [0.1, 0.15) is 12.0 Å². The van der Waals surface area contributed by atoms with Crippen LogP contribution in [0.4, 0.5) is 0 Å². The first kappa shape index (κ1) is 8.73. The zero-order chi connectivity index (χ0) is 9.10. The smallest absolute Gasteiger partial charge is 0.0978 e. The fourth-order valence-electron chi connectivity index (χ4n) is 1.71. The van der Waals surface area contributed by atoms with Gasteiger partial charge in [0.05, 0.1) is 6.61 Å². The van der Waals surface area contributed by atoms with Gasteiger partial charge in [0.1, 0.15) is 0 Å². The third kappa shape index (κ3) is 1.90. The summed E-state index contributed by atoms with van der Waals surface area (Å²) in [5.74, 6) is 0. The van der Waals surface area contributed by atoms with Crippen LogP contribution in [0.15, 0.2) is 30.3 Å². The van der Waals surface area contributed by atoms with Crippen molar-refractivity contribution in [2.45, 2.75) is 19.0 Å². The molecule has 2 rings (SSSR count). The topological polar surface area (TPSA) is 23.1 Å². The van der Waals surface area contributed by atoms with Gasteiger partial charge in [-0.2, -0.15) is 0 Å². The molecule has 1 aliphatic rings. The molecule has 0 spiro atoms. The highest BCUT2D eigenvalue weighted by molar-refractivity contribution is 5.15. The Hall–Kier alpha value is -0.860. The Kier molecular flexibility index (Phi) is 2.62. The molecule has 0 saturated carbocycles. The Morgan fingerprint density at radius 1 is 1.31 bits per heavy atom. The van der Waals surface area contributed by atoms with E-state index in [1.165, 1.54) is 5.56 Å². The van der Waals surface area contributed by atoms with E-state index in [2.05, 4.69) is 17.0 Å². The zero-order valence-corrected chi connectivity index (χ0v) is 7.65. The van der Waals surface area contributed by atoms with E-state index in [9.17, 15) is 5.11 Å². The molecule has 0 aliphatic carbocycles. The lowest BCUT2D eigenvalue weighted by Gasteiger charge is -2.39. The van der Waals surface area contributed by atoms with Crippen molar-refractivity contribution in [1.29, 1.82) is 0 Å². The van der Waals surface area contributed by atoms with E-state index < -0.39 is 0 Å². The molecule has 1 radical (unpaired) electrons. The van der Waals surface area contributed by atoms with Gasteiger partial charge in [0.2, 0.25) is 0 Å². The maximum absolute atomic E-state index is 10.7. The largest absolute Gasteiger partial charge is 0.294 e. The highest BCUT2D eigenvalue weighted by atomic mass is 16.3. The number of hydrogen-bond acceptors (Lipinski definition) is 1. The van der Waals surface area contributed by atoms with E-state index in [1.807, 2.05) is 18.2 Å². The second kappa shape index (κ2) is 3.90. The second-order valence-corrected chi connectivity index (χ2v) is 3.57. The second-order valence-electron chi connectivity index (χ2n) is 3.57. The summed E-state index contributed by atoms with van der Waals surface area (Å²) >= 11 is 0. The standard InChI is InChI=1S/C11H14NO/c13-9-11-6-7-12(11)8-10-4-2-1-3-5-10/h1-5,11H,6-9H2/t11-/m0/s1. The summed E-state index contributed by atoms with van der Waals surface area (Å²) in [6.07, 6.45) is 1.08. The van der Waals surface area contributed by atoms with E-state index in [1.54, 1.807) is 0 Å². The van der Waals surface area contributed by atoms with Gasteiger partial charge in [-0.05, 0) is 12.0 Å².